The van der Waals surface area contributed by atoms with E-state index in [0.29, 0.717) is 10.7 Å². The summed E-state index contributed by atoms with van der Waals surface area (Å²) in [5, 5.41) is 32.2. The van der Waals surface area contributed by atoms with Gasteiger partial charge in [-0.1, -0.05) is 35.3 Å². The number of nitrogens with two attached hydrogens (primary N) is 1. The summed E-state index contributed by atoms with van der Waals surface area (Å²) in [7, 11) is 2.86. The third kappa shape index (κ3) is 5.27. The van der Waals surface area contributed by atoms with Crippen LogP contribution in [0.25, 0.3) is 0 Å². The van der Waals surface area contributed by atoms with Gasteiger partial charge in [-0.3, -0.25) is 19.3 Å². The van der Waals surface area contributed by atoms with E-state index in [1.54, 1.807) is 7.05 Å². The van der Waals surface area contributed by atoms with E-state index < -0.39 is 50.9 Å². The quantitative estimate of drug-likeness (QED) is 0.0469. The van der Waals surface area contributed by atoms with Gasteiger partial charge < -0.3 is 26.0 Å². The van der Waals surface area contributed by atoms with E-state index in [-0.39, 0.29) is 51.0 Å². The van der Waals surface area contributed by atoms with Crippen LogP contribution in [0.4, 0.5) is 0 Å². The first-order valence-electron chi connectivity index (χ1n) is 9.75. The summed E-state index contributed by atoms with van der Waals surface area (Å²) in [6, 6.07) is 0. The smallest absolute Gasteiger partial charge is 0.352 e. The maximum atomic E-state index is 13.2. The Bertz CT molecular complexity index is 1230. The second kappa shape index (κ2) is 11.6. The minimum atomic E-state index is -1.81. The molecule has 2 saturated heterocycles. The Hall–Kier alpha value is -1.74. The largest absolute Gasteiger partial charge is 0.477 e. The Kier molecular flexibility index (Phi) is 9.31. The van der Waals surface area contributed by atoms with Crippen LogP contribution in [0.15, 0.2) is 26.2 Å². The standard InChI is InChI=1S/C17H17N7O8S4.Na/c1-23-16(20-21-22-23)34-4-5-3-33-15-17(32-2,14(31)24(15)7(5)11(29)30)19-9(26)13-35-12(36-13)6(8(18)25)10(27)28;/h13,15H,3-4H2,1-2H3,(H2,18,25)(H,19,26)(H,27,28)(H,29,30);/t13?,15-,17+;/m1./s1. The molecule has 37 heavy (non-hydrogen) atoms. The van der Waals surface area contributed by atoms with Gasteiger partial charge in [0.15, 0.2) is 0 Å². The van der Waals surface area contributed by atoms with Gasteiger partial charge in [-0.05, 0) is 16.0 Å². The summed E-state index contributed by atoms with van der Waals surface area (Å²) in [6.45, 7) is 0. The molecule has 1 aromatic rings. The fourth-order valence-electron chi connectivity index (χ4n) is 3.51. The van der Waals surface area contributed by atoms with Crippen LogP contribution in [0.3, 0.4) is 0 Å². The maximum absolute atomic E-state index is 13.2. The van der Waals surface area contributed by atoms with Crippen LogP contribution < -0.4 is 11.1 Å². The molecule has 2 fully saturated rings. The number of thioether (sulfide) groups is 4. The van der Waals surface area contributed by atoms with Crippen LogP contribution in [-0.2, 0) is 35.8 Å². The molecule has 15 nitrogen and oxygen atoms in total. The van der Waals surface area contributed by atoms with Crippen molar-refractivity contribution in [3.63, 3.8) is 0 Å². The van der Waals surface area contributed by atoms with Crippen molar-refractivity contribution in [2.75, 3.05) is 18.6 Å². The number of rotatable bonds is 9. The molecule has 2 atom stereocenters. The molecule has 0 unspecified atom stereocenters. The molecule has 4 rings (SSSR count). The Balaban J connectivity index is 0.00000380. The number of nitrogens with zero attached hydrogens (tertiary/aromatic N) is 5. The first-order valence-corrected chi connectivity index (χ1v) is 13.5. The van der Waals surface area contributed by atoms with Gasteiger partial charge in [-0.15, -0.1) is 16.9 Å². The number of carbonyl (C=O) groups is 5. The summed E-state index contributed by atoms with van der Waals surface area (Å²) in [6.07, 6.45) is 0. The van der Waals surface area contributed by atoms with Crippen LogP contribution >= 0.6 is 47.0 Å². The third-order valence-corrected chi connectivity index (χ3v) is 10.5. The molecule has 3 aliphatic heterocycles. The number of carbonyl (C=O) groups excluding carboxylic acids is 3. The number of aliphatic carboxylic acids is 2. The maximum Gasteiger partial charge on any atom is 0.352 e. The molecule has 0 aliphatic carbocycles. The van der Waals surface area contributed by atoms with Crippen LogP contribution in [-0.4, -0.2) is 129 Å². The number of amides is 3. The van der Waals surface area contributed by atoms with Crippen LogP contribution in [0.2, 0.25) is 0 Å². The number of tetrazole rings is 1. The third-order valence-electron chi connectivity index (χ3n) is 5.21. The number of nitrogens with one attached hydrogen (secondary N) is 1. The molecule has 0 bridgehead atoms. The van der Waals surface area contributed by atoms with Crippen molar-refractivity contribution in [3.8, 4) is 0 Å². The van der Waals surface area contributed by atoms with Crippen molar-refractivity contribution in [1.29, 1.82) is 0 Å². The molecule has 5 N–H and O–H groups in total. The number of hydrogen-bond donors (Lipinski definition) is 4. The molecule has 4 heterocycles. The van der Waals surface area contributed by atoms with Gasteiger partial charge in [0.25, 0.3) is 17.5 Å². The molecular formula is C17H17N7NaO8S4. The molecule has 0 saturated carbocycles. The second-order valence-electron chi connectivity index (χ2n) is 7.30. The normalized spacial score (nSPS) is 24.3. The van der Waals surface area contributed by atoms with Crippen LogP contribution in [0, 0.1) is 0 Å². The summed E-state index contributed by atoms with van der Waals surface area (Å²) in [5.41, 5.74) is 2.93. The summed E-state index contributed by atoms with van der Waals surface area (Å²) in [5.74, 6) is -4.89. The first kappa shape index (κ1) is 29.8. The number of carboxylic acid groups (broad SMARTS) is 2. The van der Waals surface area contributed by atoms with Crippen LogP contribution in [0.1, 0.15) is 0 Å². The Morgan fingerprint density at radius 2 is 1.97 bits per heavy atom. The number of methoxy groups -OCH3 is 1. The van der Waals surface area contributed by atoms with Gasteiger partial charge in [0, 0.05) is 55.2 Å². The van der Waals surface area contributed by atoms with Crippen molar-refractivity contribution in [2.45, 2.75) is 20.8 Å². The van der Waals surface area contributed by atoms with E-state index >= 15 is 0 Å². The van der Waals surface area contributed by atoms with Crippen molar-refractivity contribution in [2.24, 2.45) is 12.8 Å². The van der Waals surface area contributed by atoms with E-state index in [1.807, 2.05) is 0 Å². The van der Waals surface area contributed by atoms with Gasteiger partial charge in [0.2, 0.25) is 11.1 Å². The van der Waals surface area contributed by atoms with Crippen LogP contribution in [0.5, 0.6) is 0 Å². The Labute approximate surface area is 247 Å². The SMILES string of the molecule is CO[C@@]1(NC(=O)C2SC(=C(C(N)=O)C(=O)O)S2)C(=O)N2C(C(=O)O)=C(CSc3nnnn3C)CS[C@@H]21.[Na]. The van der Waals surface area contributed by atoms with E-state index in [0.717, 1.165) is 28.4 Å². The number of β-lactam (4-membered cyclic amide) rings is 1. The molecule has 0 spiro atoms. The number of aryl methyl sites for hydroxylation is 1. The zero-order valence-corrected chi connectivity index (χ0v) is 24.6. The van der Waals surface area contributed by atoms with Gasteiger partial charge in [-0.25, -0.2) is 14.3 Å². The summed E-state index contributed by atoms with van der Waals surface area (Å²) >= 11 is 4.06. The molecule has 1 radical (unpaired) electrons. The molecule has 0 aromatic carbocycles. The zero-order valence-electron chi connectivity index (χ0n) is 19.4. The van der Waals surface area contributed by atoms with E-state index in [1.165, 1.54) is 35.3 Å². The number of fused-ring (bicyclic) bond motifs is 1. The van der Waals surface area contributed by atoms with E-state index in [4.69, 9.17) is 15.6 Å². The van der Waals surface area contributed by atoms with Gasteiger partial charge in [-0.2, -0.15) is 0 Å². The predicted octanol–water partition coefficient (Wildman–Crippen LogP) is -1.78. The average Bonchev–Trinajstić information content (AvgIpc) is 3.20. The Morgan fingerprint density at radius 1 is 1.30 bits per heavy atom. The molecule has 3 aliphatic rings. The number of aromatic nitrogens is 4. The predicted molar refractivity (Wildman–Crippen MR) is 134 cm³/mol. The van der Waals surface area contributed by atoms with Gasteiger partial charge >= 0.3 is 11.9 Å². The topological polar surface area (TPSA) is 220 Å². The summed E-state index contributed by atoms with van der Waals surface area (Å²) in [4.78, 5) is 61.7. The van der Waals surface area contributed by atoms with Gasteiger partial charge in [0.05, 0.1) is 4.24 Å². The molecule has 3 amide bonds. The first-order chi connectivity index (χ1) is 17.0. The fourth-order valence-corrected chi connectivity index (χ4v) is 8.16. The van der Waals surface area contributed by atoms with Crippen molar-refractivity contribution in [3.05, 3.63) is 21.1 Å². The van der Waals surface area contributed by atoms with Crippen molar-refractivity contribution >= 4 is 106 Å². The minimum absolute atomic E-state index is 0. The molecule has 1 aromatic heterocycles. The van der Waals surface area contributed by atoms with E-state index in [2.05, 4.69) is 20.8 Å². The number of hydrogen-bond acceptors (Lipinski definition) is 13. The van der Waals surface area contributed by atoms with E-state index in [9.17, 15) is 29.1 Å². The number of ether oxygens (including phenoxy) is 1. The monoisotopic (exact) mass is 598 g/mol. The number of primary amides is 1. The number of carboxylic acids is 2. The second-order valence-corrected chi connectivity index (χ2v) is 12.1. The fraction of sp³-hybridized carbons (Fsp3) is 0.412. The minimum Gasteiger partial charge on any atom is -0.477 e. The van der Waals surface area contributed by atoms with Crippen molar-refractivity contribution in [1.82, 2.24) is 30.4 Å². The molecular weight excluding hydrogens is 581 g/mol. The zero-order chi connectivity index (χ0) is 26.4. The molecule has 20 heteroatoms. The Morgan fingerprint density at radius 3 is 2.49 bits per heavy atom. The van der Waals surface area contributed by atoms with Gasteiger partial charge in [0.1, 0.15) is 21.2 Å². The average molecular weight is 599 g/mol. The van der Waals surface area contributed by atoms with Crippen molar-refractivity contribution < 1.29 is 38.9 Å². The summed E-state index contributed by atoms with van der Waals surface area (Å²) < 4.78 is 6.05. The molecule has 193 valence electrons.